The Morgan fingerprint density at radius 1 is 1.29 bits per heavy atom. The summed E-state index contributed by atoms with van der Waals surface area (Å²) in [7, 11) is 0. The van der Waals surface area contributed by atoms with Crippen molar-refractivity contribution >= 4 is 33.6 Å². The molecule has 104 valence electrons. The van der Waals surface area contributed by atoms with Crippen molar-refractivity contribution in [2.45, 2.75) is 6.92 Å². The van der Waals surface area contributed by atoms with E-state index >= 15 is 0 Å². The number of nitrogens with one attached hydrogen (secondary N) is 1. The molecule has 0 spiro atoms. The largest absolute Gasteiger partial charge is 0.305 e. The summed E-state index contributed by atoms with van der Waals surface area (Å²) in [5, 5.41) is 0.926. The molecular weight excluding hydrogens is 286 g/mol. The summed E-state index contributed by atoms with van der Waals surface area (Å²) >= 11 is 6.27. The van der Waals surface area contributed by atoms with Gasteiger partial charge in [-0.2, -0.15) is 0 Å². The summed E-state index contributed by atoms with van der Waals surface area (Å²) in [6, 6.07) is 9.19. The quantitative estimate of drug-likeness (QED) is 0.789. The van der Waals surface area contributed by atoms with E-state index in [9.17, 15) is 4.79 Å². The number of aryl methyl sites for hydroxylation is 1. The standard InChI is InChI=1S/C16H12ClN3O/c1-10-4-2-6-12-14(10)19-15(20-16(12)21)13(17)8-11-5-3-7-18-9-11/h2-9H,1H3,(H,19,20,21)/b13-8-. The normalized spacial score (nSPS) is 11.8. The van der Waals surface area contributed by atoms with Gasteiger partial charge in [0.15, 0.2) is 5.82 Å². The first-order valence-electron chi connectivity index (χ1n) is 6.42. The number of pyridine rings is 1. The number of rotatable bonds is 2. The van der Waals surface area contributed by atoms with Crippen molar-refractivity contribution in [2.75, 3.05) is 0 Å². The monoisotopic (exact) mass is 297 g/mol. The average molecular weight is 298 g/mol. The van der Waals surface area contributed by atoms with Crippen LogP contribution < -0.4 is 5.56 Å². The highest BCUT2D eigenvalue weighted by Gasteiger charge is 2.08. The number of halogens is 1. The lowest BCUT2D eigenvalue weighted by molar-refractivity contribution is 1.13. The Morgan fingerprint density at radius 2 is 2.14 bits per heavy atom. The van der Waals surface area contributed by atoms with Gasteiger partial charge in [0.25, 0.3) is 5.56 Å². The summed E-state index contributed by atoms with van der Waals surface area (Å²) in [6.45, 7) is 1.91. The van der Waals surface area contributed by atoms with Crippen molar-refractivity contribution in [1.29, 1.82) is 0 Å². The van der Waals surface area contributed by atoms with E-state index in [0.717, 1.165) is 11.1 Å². The molecule has 2 heterocycles. The molecule has 5 heteroatoms. The van der Waals surface area contributed by atoms with Crippen molar-refractivity contribution in [3.63, 3.8) is 0 Å². The maximum atomic E-state index is 12.1. The van der Waals surface area contributed by atoms with Gasteiger partial charge in [0.05, 0.1) is 15.9 Å². The molecule has 0 saturated carbocycles. The number of nitrogens with zero attached hydrogens (tertiary/aromatic N) is 2. The van der Waals surface area contributed by atoms with Crippen LogP contribution in [-0.4, -0.2) is 15.0 Å². The summed E-state index contributed by atoms with van der Waals surface area (Å²) in [6.07, 6.45) is 5.09. The molecule has 0 unspecified atom stereocenters. The van der Waals surface area contributed by atoms with Gasteiger partial charge in [0.2, 0.25) is 0 Å². The highest BCUT2D eigenvalue weighted by atomic mass is 35.5. The molecule has 4 nitrogen and oxygen atoms in total. The molecule has 2 aromatic heterocycles. The molecule has 0 fully saturated rings. The van der Waals surface area contributed by atoms with Crippen LogP contribution >= 0.6 is 11.6 Å². The van der Waals surface area contributed by atoms with Crippen LogP contribution in [0.25, 0.3) is 22.0 Å². The molecule has 1 aromatic carbocycles. The molecule has 0 aliphatic heterocycles. The van der Waals surface area contributed by atoms with Gasteiger partial charge in [-0.05, 0) is 36.3 Å². The van der Waals surface area contributed by atoms with Crippen molar-refractivity contribution in [3.8, 4) is 0 Å². The van der Waals surface area contributed by atoms with Crippen LogP contribution in [0.3, 0.4) is 0 Å². The zero-order chi connectivity index (χ0) is 14.8. The topological polar surface area (TPSA) is 58.6 Å². The lowest BCUT2D eigenvalue weighted by Crippen LogP contribution is -2.11. The van der Waals surface area contributed by atoms with Gasteiger partial charge in [-0.1, -0.05) is 29.8 Å². The van der Waals surface area contributed by atoms with Gasteiger partial charge in [-0.15, -0.1) is 0 Å². The fourth-order valence-corrected chi connectivity index (χ4v) is 2.31. The van der Waals surface area contributed by atoms with E-state index in [4.69, 9.17) is 11.6 Å². The summed E-state index contributed by atoms with van der Waals surface area (Å²) in [5.74, 6) is 0.354. The molecule has 21 heavy (non-hydrogen) atoms. The molecule has 0 amide bonds. The van der Waals surface area contributed by atoms with Gasteiger partial charge < -0.3 is 4.98 Å². The van der Waals surface area contributed by atoms with E-state index < -0.39 is 0 Å². The molecule has 1 N–H and O–H groups in total. The van der Waals surface area contributed by atoms with Crippen LogP contribution in [-0.2, 0) is 0 Å². The average Bonchev–Trinajstić information content (AvgIpc) is 2.49. The number of fused-ring (bicyclic) bond motifs is 1. The number of benzene rings is 1. The molecule has 0 aliphatic carbocycles. The van der Waals surface area contributed by atoms with Crippen LogP contribution in [0.15, 0.2) is 47.5 Å². The van der Waals surface area contributed by atoms with E-state index in [1.807, 2.05) is 31.2 Å². The number of aromatic nitrogens is 3. The lowest BCUT2D eigenvalue weighted by Gasteiger charge is -2.04. The zero-order valence-corrected chi connectivity index (χ0v) is 12.1. The lowest BCUT2D eigenvalue weighted by atomic mass is 10.1. The number of aromatic amines is 1. The third kappa shape index (κ3) is 2.71. The Kier molecular flexibility index (Phi) is 3.54. The van der Waals surface area contributed by atoms with Crippen molar-refractivity contribution in [1.82, 2.24) is 15.0 Å². The first kappa shape index (κ1) is 13.5. The van der Waals surface area contributed by atoms with E-state index in [1.165, 1.54) is 0 Å². The second-order valence-corrected chi connectivity index (χ2v) is 5.07. The minimum absolute atomic E-state index is 0.198. The van der Waals surface area contributed by atoms with Crippen LogP contribution in [0, 0.1) is 6.92 Å². The maximum absolute atomic E-state index is 12.1. The molecule has 0 atom stereocenters. The first-order chi connectivity index (χ1) is 10.1. The molecule has 0 aliphatic rings. The molecule has 0 saturated heterocycles. The van der Waals surface area contributed by atoms with E-state index in [1.54, 1.807) is 24.5 Å². The number of H-pyrrole nitrogens is 1. The fourth-order valence-electron chi connectivity index (χ4n) is 2.09. The Balaban J connectivity index is 2.15. The van der Waals surface area contributed by atoms with Crippen LogP contribution in [0.5, 0.6) is 0 Å². The molecule has 3 aromatic rings. The van der Waals surface area contributed by atoms with E-state index in [0.29, 0.717) is 21.8 Å². The Bertz CT molecular complexity index is 885. The van der Waals surface area contributed by atoms with Gasteiger partial charge in [-0.3, -0.25) is 9.78 Å². The SMILES string of the molecule is Cc1cccc2c(=O)[nH]c(/C(Cl)=C/c3cccnc3)nc12. The maximum Gasteiger partial charge on any atom is 0.259 e. The Morgan fingerprint density at radius 3 is 2.90 bits per heavy atom. The summed E-state index contributed by atoms with van der Waals surface area (Å²) < 4.78 is 0. The van der Waals surface area contributed by atoms with Gasteiger partial charge in [-0.25, -0.2) is 4.98 Å². The molecular formula is C16H12ClN3O. The molecule has 3 rings (SSSR count). The van der Waals surface area contributed by atoms with Crippen molar-refractivity contribution in [3.05, 3.63) is 70.0 Å². The Hall–Kier alpha value is -2.46. The summed E-state index contributed by atoms with van der Waals surface area (Å²) in [4.78, 5) is 23.3. The van der Waals surface area contributed by atoms with Crippen molar-refractivity contribution < 1.29 is 0 Å². The third-order valence-electron chi connectivity index (χ3n) is 3.14. The second-order valence-electron chi connectivity index (χ2n) is 4.66. The highest BCUT2D eigenvalue weighted by molar-refractivity contribution is 6.50. The number of hydrogen-bond acceptors (Lipinski definition) is 3. The third-order valence-corrected chi connectivity index (χ3v) is 3.43. The minimum atomic E-state index is -0.198. The summed E-state index contributed by atoms with van der Waals surface area (Å²) in [5.41, 5.74) is 2.24. The highest BCUT2D eigenvalue weighted by Crippen LogP contribution is 2.20. The molecule has 0 radical (unpaired) electrons. The minimum Gasteiger partial charge on any atom is -0.305 e. The van der Waals surface area contributed by atoms with Crippen LogP contribution in [0.4, 0.5) is 0 Å². The van der Waals surface area contributed by atoms with E-state index in [-0.39, 0.29) is 5.56 Å². The second kappa shape index (κ2) is 5.50. The van der Waals surface area contributed by atoms with Crippen molar-refractivity contribution in [2.24, 2.45) is 0 Å². The van der Waals surface area contributed by atoms with Gasteiger partial charge in [0, 0.05) is 12.4 Å². The van der Waals surface area contributed by atoms with Crippen LogP contribution in [0.2, 0.25) is 0 Å². The smallest absolute Gasteiger partial charge is 0.259 e. The predicted octanol–water partition coefficient (Wildman–Crippen LogP) is 3.36. The zero-order valence-electron chi connectivity index (χ0n) is 11.3. The van der Waals surface area contributed by atoms with Gasteiger partial charge >= 0.3 is 0 Å². The first-order valence-corrected chi connectivity index (χ1v) is 6.80. The van der Waals surface area contributed by atoms with Crippen LogP contribution in [0.1, 0.15) is 17.0 Å². The van der Waals surface area contributed by atoms with Gasteiger partial charge in [0.1, 0.15) is 0 Å². The van der Waals surface area contributed by atoms with E-state index in [2.05, 4.69) is 15.0 Å². The Labute approximate surface area is 126 Å². The predicted molar refractivity (Wildman–Crippen MR) is 85.1 cm³/mol. The number of para-hydroxylation sites is 1. The fraction of sp³-hybridized carbons (Fsp3) is 0.0625. The number of hydrogen-bond donors (Lipinski definition) is 1. The molecule has 0 bridgehead atoms.